The van der Waals surface area contributed by atoms with E-state index in [-0.39, 0.29) is 44.3 Å². The van der Waals surface area contributed by atoms with Crippen molar-refractivity contribution in [3.8, 4) is 0 Å². The average molecular weight is 580 g/mol. The second-order valence-corrected chi connectivity index (χ2v) is 4.56. The molecule has 6 heterocycles. The fourth-order valence-electron chi connectivity index (χ4n) is 1.29. The SMILES string of the molecule is [Cl-].[Cl-].[Ru+2].c1c[nH]cn1.c1c[nH]cn1.c1c[nH]cn1.c1c[nH]cn1.c1c[nH]cn1.c1c[nH]cn1. The van der Waals surface area contributed by atoms with Gasteiger partial charge in [0.1, 0.15) is 0 Å². The molecule has 0 aliphatic heterocycles. The van der Waals surface area contributed by atoms with Crippen molar-refractivity contribution in [2.45, 2.75) is 0 Å². The first-order valence-corrected chi connectivity index (χ1v) is 8.56. The van der Waals surface area contributed by atoms with Gasteiger partial charge in [0.05, 0.1) is 38.0 Å². The standard InChI is InChI=1S/6C3H4N2.2ClH.Ru/c6*1-2-5-3-4-1;;;/h6*1-3H,(H,4,5);2*1H;/q;;;;;;;;+2/p-2. The van der Waals surface area contributed by atoms with Crippen LogP contribution in [0.1, 0.15) is 0 Å². The molecule has 0 atom stereocenters. The Morgan fingerprint density at radius 2 is 0.455 bits per heavy atom. The second kappa shape index (κ2) is 30.7. The summed E-state index contributed by atoms with van der Waals surface area (Å²) in [5.74, 6) is 0. The molecule has 6 N–H and O–H groups in total. The number of H-pyrrole nitrogens is 6. The van der Waals surface area contributed by atoms with Gasteiger partial charge in [0.25, 0.3) is 0 Å². The number of halogens is 2. The molecule has 0 spiro atoms. The maximum absolute atomic E-state index is 3.67. The molecule has 0 unspecified atom stereocenters. The Bertz CT molecular complexity index is 589. The van der Waals surface area contributed by atoms with E-state index in [1.807, 2.05) is 0 Å². The van der Waals surface area contributed by atoms with Crippen LogP contribution in [0.25, 0.3) is 0 Å². The minimum absolute atomic E-state index is 0. The van der Waals surface area contributed by atoms with Gasteiger partial charge >= 0.3 is 19.5 Å². The maximum atomic E-state index is 3.67. The normalized spacial score (nSPS) is 7.27. The molecule has 0 bridgehead atoms. The molecule has 0 aromatic carbocycles. The van der Waals surface area contributed by atoms with E-state index >= 15 is 0 Å². The summed E-state index contributed by atoms with van der Waals surface area (Å²) in [4.78, 5) is 38.5. The van der Waals surface area contributed by atoms with Crippen LogP contribution in [0.2, 0.25) is 0 Å². The summed E-state index contributed by atoms with van der Waals surface area (Å²) in [6, 6.07) is 0. The van der Waals surface area contributed by atoms with Crippen LogP contribution in [0.5, 0.6) is 0 Å². The zero-order valence-corrected chi connectivity index (χ0v) is 20.4. The number of rotatable bonds is 0. The Labute approximate surface area is 216 Å². The van der Waals surface area contributed by atoms with Gasteiger partial charge in [-0.25, -0.2) is 29.9 Å². The molecule has 6 aromatic heterocycles. The Hall–Kier alpha value is -3.54. The van der Waals surface area contributed by atoms with Crippen LogP contribution in [0.15, 0.2) is 112 Å². The van der Waals surface area contributed by atoms with Crippen molar-refractivity contribution >= 4 is 0 Å². The van der Waals surface area contributed by atoms with Crippen molar-refractivity contribution in [2.24, 2.45) is 0 Å². The quantitative estimate of drug-likeness (QED) is 0.102. The molecule has 6 aromatic rings. The average Bonchev–Trinajstić information content (AvgIpc) is 3.69. The summed E-state index contributed by atoms with van der Waals surface area (Å²) < 4.78 is 0. The molecule has 33 heavy (non-hydrogen) atoms. The Morgan fingerprint density at radius 1 is 0.303 bits per heavy atom. The molecule has 178 valence electrons. The minimum atomic E-state index is 0. The van der Waals surface area contributed by atoms with Crippen LogP contribution in [0.4, 0.5) is 0 Å². The molecule has 0 amide bonds. The topological polar surface area (TPSA) is 172 Å². The van der Waals surface area contributed by atoms with E-state index in [1.165, 1.54) is 0 Å². The summed E-state index contributed by atoms with van der Waals surface area (Å²) in [5.41, 5.74) is 0. The van der Waals surface area contributed by atoms with Crippen molar-refractivity contribution in [1.29, 1.82) is 0 Å². The smallest absolute Gasteiger partial charge is 1.00 e. The third-order valence-corrected chi connectivity index (χ3v) is 2.44. The fourth-order valence-corrected chi connectivity index (χ4v) is 1.29. The Kier molecular flexibility index (Phi) is 31.7. The van der Waals surface area contributed by atoms with Crippen molar-refractivity contribution in [1.82, 2.24) is 59.8 Å². The molecular formula is C18H24Cl2N12Ru. The van der Waals surface area contributed by atoms with Gasteiger partial charge in [0.2, 0.25) is 0 Å². The predicted octanol–water partition coefficient (Wildman–Crippen LogP) is -3.54. The van der Waals surface area contributed by atoms with E-state index in [4.69, 9.17) is 0 Å². The van der Waals surface area contributed by atoms with E-state index in [0.29, 0.717) is 0 Å². The summed E-state index contributed by atoms with van der Waals surface area (Å²) >= 11 is 0. The number of imidazole rings is 6. The molecule has 0 saturated carbocycles. The van der Waals surface area contributed by atoms with Crippen LogP contribution >= 0.6 is 0 Å². The zero-order valence-electron chi connectivity index (χ0n) is 17.2. The Morgan fingerprint density at radius 3 is 0.485 bits per heavy atom. The summed E-state index contributed by atoms with van der Waals surface area (Å²) in [5, 5.41) is 0. The largest absolute Gasteiger partial charge is 2.00 e. The summed E-state index contributed by atoms with van der Waals surface area (Å²) in [6.07, 6.45) is 30.5. The maximum Gasteiger partial charge on any atom is 2.00 e. The molecule has 0 saturated heterocycles. The van der Waals surface area contributed by atoms with Crippen LogP contribution < -0.4 is 24.8 Å². The van der Waals surface area contributed by atoms with Crippen LogP contribution in [-0.2, 0) is 19.5 Å². The van der Waals surface area contributed by atoms with E-state index < -0.39 is 0 Å². The third-order valence-electron chi connectivity index (χ3n) is 2.44. The first kappa shape index (κ1) is 34.1. The minimum Gasteiger partial charge on any atom is -1.00 e. The molecule has 0 radical (unpaired) electrons. The molecule has 0 aliphatic carbocycles. The van der Waals surface area contributed by atoms with Gasteiger partial charge in [-0.1, -0.05) is 0 Å². The molecule has 0 fully saturated rings. The van der Waals surface area contributed by atoms with Crippen LogP contribution in [-0.4, -0.2) is 59.8 Å². The van der Waals surface area contributed by atoms with Crippen molar-refractivity contribution in [3.63, 3.8) is 0 Å². The van der Waals surface area contributed by atoms with Gasteiger partial charge in [-0.15, -0.1) is 0 Å². The first-order valence-electron chi connectivity index (χ1n) is 8.56. The molecule has 6 rings (SSSR count). The Balaban J connectivity index is -0.000000321. The van der Waals surface area contributed by atoms with E-state index in [2.05, 4.69) is 59.8 Å². The summed E-state index contributed by atoms with van der Waals surface area (Å²) in [6.45, 7) is 0. The van der Waals surface area contributed by atoms with Crippen molar-refractivity contribution < 1.29 is 44.3 Å². The monoisotopic (exact) mass is 580 g/mol. The van der Waals surface area contributed by atoms with Gasteiger partial charge < -0.3 is 54.7 Å². The van der Waals surface area contributed by atoms with Gasteiger partial charge in [-0.3, -0.25) is 0 Å². The molecular weight excluding hydrogens is 556 g/mol. The third kappa shape index (κ3) is 28.5. The molecule has 12 nitrogen and oxygen atoms in total. The molecule has 15 heteroatoms. The fraction of sp³-hybridized carbons (Fsp3) is 0. The summed E-state index contributed by atoms with van der Waals surface area (Å²) in [7, 11) is 0. The first-order chi connectivity index (χ1) is 15.0. The molecule has 0 aliphatic rings. The van der Waals surface area contributed by atoms with Gasteiger partial charge in [0.15, 0.2) is 0 Å². The second-order valence-electron chi connectivity index (χ2n) is 4.56. The van der Waals surface area contributed by atoms with E-state index in [1.54, 1.807) is 112 Å². The van der Waals surface area contributed by atoms with Crippen molar-refractivity contribution in [3.05, 3.63) is 112 Å². The van der Waals surface area contributed by atoms with E-state index in [0.717, 1.165) is 0 Å². The van der Waals surface area contributed by atoms with Gasteiger partial charge in [-0.2, -0.15) is 0 Å². The van der Waals surface area contributed by atoms with E-state index in [9.17, 15) is 0 Å². The van der Waals surface area contributed by atoms with Crippen molar-refractivity contribution in [2.75, 3.05) is 0 Å². The number of hydrogen-bond acceptors (Lipinski definition) is 6. The van der Waals surface area contributed by atoms with Crippen LogP contribution in [0.3, 0.4) is 0 Å². The number of hydrogen-bond donors (Lipinski definition) is 6. The number of aromatic amines is 6. The van der Waals surface area contributed by atoms with Gasteiger partial charge in [-0.05, 0) is 0 Å². The number of nitrogens with zero attached hydrogens (tertiary/aromatic N) is 6. The number of aromatic nitrogens is 12. The zero-order chi connectivity index (χ0) is 21.2. The van der Waals surface area contributed by atoms with Gasteiger partial charge in [0, 0.05) is 74.4 Å². The number of nitrogens with one attached hydrogen (secondary N) is 6. The van der Waals surface area contributed by atoms with Crippen LogP contribution in [0, 0.1) is 0 Å². The predicted molar refractivity (Wildman–Crippen MR) is 112 cm³/mol.